The van der Waals surface area contributed by atoms with Crippen LogP contribution in [0.3, 0.4) is 0 Å². The zero-order valence-electron chi connectivity index (χ0n) is 12.3. The summed E-state index contributed by atoms with van der Waals surface area (Å²) in [7, 11) is 0. The van der Waals surface area contributed by atoms with Gasteiger partial charge in [0.05, 0.1) is 6.54 Å². The van der Waals surface area contributed by atoms with Gasteiger partial charge in [-0.25, -0.2) is 0 Å². The van der Waals surface area contributed by atoms with E-state index in [2.05, 4.69) is 9.80 Å². The average molecular weight is 278 g/mol. The lowest BCUT2D eigenvalue weighted by Gasteiger charge is -2.27. The number of nitrogens with zero attached hydrogens (tertiary/aromatic N) is 2. The van der Waals surface area contributed by atoms with E-state index < -0.39 is 0 Å². The molecule has 1 saturated carbocycles. The Bertz CT molecular complexity index is 412. The second-order valence-corrected chi connectivity index (χ2v) is 6.13. The molecule has 1 aromatic heterocycles. The fourth-order valence-corrected chi connectivity index (χ4v) is 3.60. The summed E-state index contributed by atoms with van der Waals surface area (Å²) in [6.07, 6.45) is 6.89. The van der Waals surface area contributed by atoms with Crippen LogP contribution in [0.25, 0.3) is 0 Å². The molecule has 1 aliphatic heterocycles. The zero-order valence-corrected chi connectivity index (χ0v) is 12.3. The van der Waals surface area contributed by atoms with E-state index in [0.717, 1.165) is 31.4 Å². The molecule has 4 heteroatoms. The van der Waals surface area contributed by atoms with E-state index in [0.29, 0.717) is 5.76 Å². The van der Waals surface area contributed by atoms with Gasteiger partial charge < -0.3 is 9.52 Å². The Morgan fingerprint density at radius 3 is 2.55 bits per heavy atom. The standard InChI is InChI=1S/C16H26N2O2/c19-13-16-7-6-15(20-16)12-17-8-3-9-18(11-10-17)14-4-1-2-5-14/h6-7,14,19H,1-5,8-13H2. The first kappa shape index (κ1) is 14.1. The van der Waals surface area contributed by atoms with Crippen LogP contribution in [-0.2, 0) is 13.2 Å². The van der Waals surface area contributed by atoms with Crippen molar-refractivity contribution in [1.29, 1.82) is 0 Å². The lowest BCUT2D eigenvalue weighted by molar-refractivity contribution is 0.192. The fourth-order valence-electron chi connectivity index (χ4n) is 3.60. The summed E-state index contributed by atoms with van der Waals surface area (Å²) in [4.78, 5) is 5.18. The maximum Gasteiger partial charge on any atom is 0.129 e. The Kier molecular flexibility index (Phi) is 4.76. The van der Waals surface area contributed by atoms with Crippen LogP contribution in [0.4, 0.5) is 0 Å². The topological polar surface area (TPSA) is 39.9 Å². The van der Waals surface area contributed by atoms with Crippen molar-refractivity contribution >= 4 is 0 Å². The zero-order chi connectivity index (χ0) is 13.8. The second-order valence-electron chi connectivity index (χ2n) is 6.13. The van der Waals surface area contributed by atoms with Crippen LogP contribution in [0, 0.1) is 0 Å². The maximum atomic E-state index is 9.04. The highest BCUT2D eigenvalue weighted by Crippen LogP contribution is 2.24. The molecular weight excluding hydrogens is 252 g/mol. The normalized spacial score (nSPS) is 23.2. The summed E-state index contributed by atoms with van der Waals surface area (Å²) >= 11 is 0. The van der Waals surface area contributed by atoms with E-state index in [1.807, 2.05) is 12.1 Å². The highest BCUT2D eigenvalue weighted by atomic mass is 16.4. The van der Waals surface area contributed by atoms with Crippen molar-refractivity contribution < 1.29 is 9.52 Å². The van der Waals surface area contributed by atoms with Gasteiger partial charge in [0.15, 0.2) is 0 Å². The smallest absolute Gasteiger partial charge is 0.129 e. The van der Waals surface area contributed by atoms with E-state index >= 15 is 0 Å². The molecule has 0 unspecified atom stereocenters. The highest BCUT2D eigenvalue weighted by molar-refractivity contribution is 5.06. The SMILES string of the molecule is OCc1ccc(CN2CCCN(C3CCCC3)CC2)o1. The van der Waals surface area contributed by atoms with Gasteiger partial charge in [0, 0.05) is 19.1 Å². The number of furan rings is 1. The molecule has 0 spiro atoms. The van der Waals surface area contributed by atoms with Crippen LogP contribution in [0.5, 0.6) is 0 Å². The molecule has 0 bridgehead atoms. The van der Waals surface area contributed by atoms with Crippen molar-refractivity contribution in [3.8, 4) is 0 Å². The maximum absolute atomic E-state index is 9.04. The van der Waals surface area contributed by atoms with Crippen molar-refractivity contribution in [3.05, 3.63) is 23.7 Å². The van der Waals surface area contributed by atoms with Gasteiger partial charge in [-0.1, -0.05) is 12.8 Å². The van der Waals surface area contributed by atoms with Crippen LogP contribution >= 0.6 is 0 Å². The van der Waals surface area contributed by atoms with E-state index in [-0.39, 0.29) is 6.61 Å². The molecule has 1 aliphatic carbocycles. The molecule has 4 nitrogen and oxygen atoms in total. The minimum atomic E-state index is -0.00451. The molecule has 3 rings (SSSR count). The second kappa shape index (κ2) is 6.74. The van der Waals surface area contributed by atoms with Crippen molar-refractivity contribution in [1.82, 2.24) is 9.80 Å². The molecule has 0 amide bonds. The third-order valence-electron chi connectivity index (χ3n) is 4.72. The van der Waals surface area contributed by atoms with Gasteiger partial charge in [-0.05, 0) is 44.5 Å². The number of rotatable bonds is 4. The van der Waals surface area contributed by atoms with E-state index in [4.69, 9.17) is 9.52 Å². The van der Waals surface area contributed by atoms with Gasteiger partial charge in [0.25, 0.3) is 0 Å². The Hall–Kier alpha value is -0.840. The summed E-state index contributed by atoms with van der Waals surface area (Å²) in [5.41, 5.74) is 0. The lowest BCUT2D eigenvalue weighted by Crippen LogP contribution is -2.36. The molecule has 2 fully saturated rings. The average Bonchev–Trinajstić information content (AvgIpc) is 3.09. The number of hydrogen-bond acceptors (Lipinski definition) is 4. The quantitative estimate of drug-likeness (QED) is 0.917. The van der Waals surface area contributed by atoms with Gasteiger partial charge >= 0.3 is 0 Å². The Labute approximate surface area is 121 Å². The van der Waals surface area contributed by atoms with E-state index in [1.54, 1.807) is 0 Å². The number of aliphatic hydroxyl groups is 1. The predicted molar refractivity (Wildman–Crippen MR) is 78.4 cm³/mol. The van der Waals surface area contributed by atoms with Crippen molar-refractivity contribution in [3.63, 3.8) is 0 Å². The minimum absolute atomic E-state index is 0.00451. The summed E-state index contributed by atoms with van der Waals surface area (Å²) in [5, 5.41) is 9.04. The van der Waals surface area contributed by atoms with Crippen molar-refractivity contribution in [2.24, 2.45) is 0 Å². The van der Waals surface area contributed by atoms with Crippen LogP contribution in [0.2, 0.25) is 0 Å². The molecule has 1 saturated heterocycles. The molecular formula is C16H26N2O2. The Morgan fingerprint density at radius 1 is 1.00 bits per heavy atom. The van der Waals surface area contributed by atoms with Crippen molar-refractivity contribution in [2.75, 3.05) is 26.2 Å². The summed E-state index contributed by atoms with van der Waals surface area (Å²) < 4.78 is 5.60. The molecule has 20 heavy (non-hydrogen) atoms. The van der Waals surface area contributed by atoms with E-state index in [9.17, 15) is 0 Å². The monoisotopic (exact) mass is 278 g/mol. The molecule has 112 valence electrons. The highest BCUT2D eigenvalue weighted by Gasteiger charge is 2.24. The molecule has 1 aromatic rings. The molecule has 0 radical (unpaired) electrons. The van der Waals surface area contributed by atoms with Crippen LogP contribution in [0.15, 0.2) is 16.5 Å². The van der Waals surface area contributed by atoms with Gasteiger partial charge in [-0.15, -0.1) is 0 Å². The predicted octanol–water partition coefficient (Wildman–Crippen LogP) is 2.22. The first-order valence-corrected chi connectivity index (χ1v) is 8.00. The largest absolute Gasteiger partial charge is 0.462 e. The van der Waals surface area contributed by atoms with Gasteiger partial charge in [-0.2, -0.15) is 0 Å². The van der Waals surface area contributed by atoms with Gasteiger partial charge in [-0.3, -0.25) is 9.80 Å². The van der Waals surface area contributed by atoms with E-state index in [1.165, 1.54) is 45.2 Å². The third-order valence-corrected chi connectivity index (χ3v) is 4.72. The van der Waals surface area contributed by atoms with Crippen LogP contribution < -0.4 is 0 Å². The molecule has 2 heterocycles. The summed E-state index contributed by atoms with van der Waals surface area (Å²) in [6.45, 7) is 5.59. The first-order valence-electron chi connectivity index (χ1n) is 8.00. The fraction of sp³-hybridized carbons (Fsp3) is 0.750. The Balaban J connectivity index is 1.51. The molecule has 0 aromatic carbocycles. The minimum Gasteiger partial charge on any atom is -0.462 e. The van der Waals surface area contributed by atoms with Crippen LogP contribution in [0.1, 0.15) is 43.6 Å². The van der Waals surface area contributed by atoms with Gasteiger partial charge in [0.2, 0.25) is 0 Å². The summed E-state index contributed by atoms with van der Waals surface area (Å²) in [6, 6.07) is 4.71. The van der Waals surface area contributed by atoms with Crippen molar-refractivity contribution in [2.45, 2.75) is 51.3 Å². The summed E-state index contributed by atoms with van der Waals surface area (Å²) in [5.74, 6) is 1.64. The molecule has 1 N–H and O–H groups in total. The molecule has 0 atom stereocenters. The number of aliphatic hydroxyl groups excluding tert-OH is 1. The lowest BCUT2D eigenvalue weighted by atomic mass is 10.2. The Morgan fingerprint density at radius 2 is 1.80 bits per heavy atom. The van der Waals surface area contributed by atoms with Crippen LogP contribution in [-0.4, -0.2) is 47.1 Å². The molecule has 2 aliphatic rings. The number of hydrogen-bond donors (Lipinski definition) is 1. The first-order chi connectivity index (χ1) is 9.85. The third kappa shape index (κ3) is 3.43. The van der Waals surface area contributed by atoms with Gasteiger partial charge in [0.1, 0.15) is 18.1 Å².